The molecule has 0 fully saturated rings. The highest BCUT2D eigenvalue weighted by Gasteiger charge is 2.32. The van der Waals surface area contributed by atoms with Crippen LogP contribution in [0.4, 0.5) is 18.9 Å². The van der Waals surface area contributed by atoms with E-state index in [4.69, 9.17) is 5.73 Å². The van der Waals surface area contributed by atoms with E-state index in [0.29, 0.717) is 11.3 Å². The number of aryl methyl sites for hydroxylation is 2. The zero-order valence-corrected chi connectivity index (χ0v) is 15.9. The number of amides is 1. The molecule has 8 heteroatoms. The highest BCUT2D eigenvalue weighted by Crippen LogP contribution is 2.31. The predicted octanol–water partition coefficient (Wildman–Crippen LogP) is 4.72. The fourth-order valence-electron chi connectivity index (χ4n) is 3.43. The molecule has 0 aromatic heterocycles. The van der Waals surface area contributed by atoms with Crippen molar-refractivity contribution in [2.45, 2.75) is 44.5 Å². The molecule has 0 aliphatic heterocycles. The monoisotopic (exact) mass is 414 g/mol. The van der Waals surface area contributed by atoms with Gasteiger partial charge in [0.25, 0.3) is 0 Å². The Balaban J connectivity index is 0.00000280. The Labute approximate surface area is 167 Å². The predicted molar refractivity (Wildman–Crippen MR) is 103 cm³/mol. The summed E-state index contributed by atoms with van der Waals surface area (Å²) in [5, 5.41) is 2.99. The molecule has 0 bridgehead atoms. The number of para-hydroxylation sites is 1. The third-order valence-electron chi connectivity index (χ3n) is 4.64. The molecular formula is C20H22ClF3N2O2. The number of carbonyl (C=O) groups is 1. The van der Waals surface area contributed by atoms with Gasteiger partial charge in [-0.2, -0.15) is 0 Å². The van der Waals surface area contributed by atoms with Gasteiger partial charge in [0.05, 0.1) is 6.04 Å². The number of nitrogens with two attached hydrogens (primary N) is 1. The first-order valence-electron chi connectivity index (χ1n) is 8.83. The zero-order chi connectivity index (χ0) is 19.4. The number of alkyl halides is 3. The Hall–Kier alpha value is -2.41. The van der Waals surface area contributed by atoms with Crippen molar-refractivity contribution >= 4 is 24.0 Å². The molecule has 28 heavy (non-hydrogen) atoms. The average molecular weight is 415 g/mol. The molecule has 3 N–H and O–H groups in total. The van der Waals surface area contributed by atoms with Gasteiger partial charge in [0, 0.05) is 12.1 Å². The van der Waals surface area contributed by atoms with E-state index < -0.39 is 6.36 Å². The molecule has 2 aromatic carbocycles. The number of fused-ring (bicyclic) bond motifs is 1. The summed E-state index contributed by atoms with van der Waals surface area (Å²) in [6.45, 7) is 0. The summed E-state index contributed by atoms with van der Waals surface area (Å²) in [6, 6.07) is 11.5. The van der Waals surface area contributed by atoms with Gasteiger partial charge >= 0.3 is 6.36 Å². The Bertz CT molecular complexity index is 827. The van der Waals surface area contributed by atoms with Crippen molar-refractivity contribution in [2.75, 3.05) is 5.73 Å². The van der Waals surface area contributed by atoms with Gasteiger partial charge in [0.1, 0.15) is 5.75 Å². The molecular weight excluding hydrogens is 393 g/mol. The lowest BCUT2D eigenvalue weighted by Crippen LogP contribution is -2.31. The van der Waals surface area contributed by atoms with Crippen molar-refractivity contribution in [3.05, 3.63) is 59.2 Å². The molecule has 1 unspecified atom stereocenters. The van der Waals surface area contributed by atoms with Crippen molar-refractivity contribution in [1.29, 1.82) is 0 Å². The standard InChI is InChI=1S/C20H21F3N2O2.ClH/c21-20(22,23)27-18-7-2-1-4-13(18)8-11-19(26)25-17-6-3-5-14-12-15(24)9-10-16(14)17;/h1-2,4,7,9-10,12,17H,3,5-6,8,11,24H2,(H,25,26);1H. The number of benzene rings is 2. The minimum atomic E-state index is -4.76. The summed E-state index contributed by atoms with van der Waals surface area (Å²) in [4.78, 5) is 12.4. The first kappa shape index (κ1) is 21.9. The number of ether oxygens (including phenoxy) is 1. The summed E-state index contributed by atoms with van der Waals surface area (Å²) in [5.74, 6) is -0.470. The Morgan fingerprint density at radius 3 is 2.71 bits per heavy atom. The van der Waals surface area contributed by atoms with E-state index in [-0.39, 0.29) is 42.9 Å². The van der Waals surface area contributed by atoms with E-state index in [1.807, 2.05) is 18.2 Å². The van der Waals surface area contributed by atoms with Gasteiger partial charge in [-0.15, -0.1) is 25.6 Å². The highest BCUT2D eigenvalue weighted by atomic mass is 35.5. The van der Waals surface area contributed by atoms with Crippen molar-refractivity contribution in [3.8, 4) is 5.75 Å². The molecule has 2 aromatic rings. The molecule has 0 heterocycles. The topological polar surface area (TPSA) is 64.3 Å². The molecule has 0 spiro atoms. The summed E-state index contributed by atoms with van der Waals surface area (Å²) in [7, 11) is 0. The van der Waals surface area contributed by atoms with Gasteiger partial charge in [-0.05, 0) is 60.6 Å². The highest BCUT2D eigenvalue weighted by molar-refractivity contribution is 5.85. The number of nitrogen functional groups attached to an aromatic ring is 1. The van der Waals surface area contributed by atoms with E-state index >= 15 is 0 Å². The Morgan fingerprint density at radius 1 is 1.21 bits per heavy atom. The second-order valence-corrected chi connectivity index (χ2v) is 6.63. The van der Waals surface area contributed by atoms with Crippen LogP contribution in [0.2, 0.25) is 0 Å². The van der Waals surface area contributed by atoms with Crippen LogP contribution in [0.3, 0.4) is 0 Å². The van der Waals surface area contributed by atoms with Gasteiger partial charge in [-0.25, -0.2) is 0 Å². The lowest BCUT2D eigenvalue weighted by molar-refractivity contribution is -0.274. The van der Waals surface area contributed by atoms with E-state index in [1.165, 1.54) is 18.2 Å². The number of carbonyl (C=O) groups excluding carboxylic acids is 1. The molecule has 1 aliphatic rings. The number of nitrogens with one attached hydrogen (secondary N) is 1. The van der Waals surface area contributed by atoms with Gasteiger partial charge in [0.15, 0.2) is 0 Å². The summed E-state index contributed by atoms with van der Waals surface area (Å²) in [5.41, 5.74) is 9.06. The van der Waals surface area contributed by atoms with Crippen LogP contribution in [0, 0.1) is 0 Å². The maximum atomic E-state index is 12.5. The largest absolute Gasteiger partial charge is 0.573 e. The van der Waals surface area contributed by atoms with E-state index in [9.17, 15) is 18.0 Å². The lowest BCUT2D eigenvalue weighted by atomic mass is 9.87. The van der Waals surface area contributed by atoms with Crippen LogP contribution in [0.5, 0.6) is 5.75 Å². The Morgan fingerprint density at radius 2 is 1.96 bits per heavy atom. The third kappa shape index (κ3) is 5.79. The van der Waals surface area contributed by atoms with Crippen LogP contribution in [0.15, 0.2) is 42.5 Å². The molecule has 152 valence electrons. The number of anilines is 1. The molecule has 0 radical (unpaired) electrons. The average Bonchev–Trinajstić information content (AvgIpc) is 2.59. The second kappa shape index (κ2) is 9.19. The molecule has 3 rings (SSSR count). The van der Waals surface area contributed by atoms with Gasteiger partial charge in [0.2, 0.25) is 5.91 Å². The van der Waals surface area contributed by atoms with E-state index in [0.717, 1.165) is 30.4 Å². The second-order valence-electron chi connectivity index (χ2n) is 6.63. The number of hydrogen-bond acceptors (Lipinski definition) is 3. The van der Waals surface area contributed by atoms with Gasteiger partial charge in [-0.3, -0.25) is 4.79 Å². The zero-order valence-electron chi connectivity index (χ0n) is 15.1. The molecule has 0 saturated carbocycles. The van der Waals surface area contributed by atoms with Crippen LogP contribution in [-0.2, 0) is 17.6 Å². The van der Waals surface area contributed by atoms with E-state index in [1.54, 1.807) is 6.07 Å². The maximum absolute atomic E-state index is 12.5. The Kier molecular flexibility index (Phi) is 7.18. The number of rotatable bonds is 5. The molecule has 1 amide bonds. The summed E-state index contributed by atoms with van der Waals surface area (Å²) >= 11 is 0. The van der Waals surface area contributed by atoms with Crippen LogP contribution in [-0.4, -0.2) is 12.3 Å². The minimum absolute atomic E-state index is 0. The smallest absolute Gasteiger partial charge is 0.406 e. The molecule has 1 atom stereocenters. The first-order chi connectivity index (χ1) is 12.8. The molecule has 0 saturated heterocycles. The SMILES string of the molecule is Cl.Nc1ccc2c(c1)CCCC2NC(=O)CCc1ccccc1OC(F)(F)F. The van der Waals surface area contributed by atoms with Crippen LogP contribution < -0.4 is 15.8 Å². The lowest BCUT2D eigenvalue weighted by Gasteiger charge is -2.26. The first-order valence-corrected chi connectivity index (χ1v) is 8.83. The van der Waals surface area contributed by atoms with Gasteiger partial charge in [-0.1, -0.05) is 24.3 Å². The molecule has 1 aliphatic carbocycles. The number of hydrogen-bond donors (Lipinski definition) is 2. The fourth-order valence-corrected chi connectivity index (χ4v) is 3.43. The van der Waals surface area contributed by atoms with Crippen LogP contribution in [0.1, 0.15) is 42.0 Å². The van der Waals surface area contributed by atoms with Crippen molar-refractivity contribution in [2.24, 2.45) is 0 Å². The quantitative estimate of drug-likeness (QED) is 0.696. The molecule has 4 nitrogen and oxygen atoms in total. The summed E-state index contributed by atoms with van der Waals surface area (Å²) in [6.07, 6.45) is -1.81. The van der Waals surface area contributed by atoms with Crippen LogP contribution in [0.25, 0.3) is 0 Å². The van der Waals surface area contributed by atoms with Crippen molar-refractivity contribution < 1.29 is 22.7 Å². The minimum Gasteiger partial charge on any atom is -0.406 e. The van der Waals surface area contributed by atoms with E-state index in [2.05, 4.69) is 10.1 Å². The fraction of sp³-hybridized carbons (Fsp3) is 0.350. The third-order valence-corrected chi connectivity index (χ3v) is 4.64. The summed E-state index contributed by atoms with van der Waals surface area (Å²) < 4.78 is 41.5. The van der Waals surface area contributed by atoms with Gasteiger partial charge < -0.3 is 15.8 Å². The number of halogens is 4. The maximum Gasteiger partial charge on any atom is 0.573 e. The normalized spacial score (nSPS) is 15.9. The van der Waals surface area contributed by atoms with Crippen molar-refractivity contribution in [1.82, 2.24) is 5.32 Å². The van der Waals surface area contributed by atoms with Crippen LogP contribution >= 0.6 is 12.4 Å². The van der Waals surface area contributed by atoms with Crippen molar-refractivity contribution in [3.63, 3.8) is 0 Å².